The summed E-state index contributed by atoms with van der Waals surface area (Å²) in [5, 5.41) is 12.1. The molecular formula is C56H76Cl2N6O5SSi2. The van der Waals surface area contributed by atoms with E-state index in [0.717, 1.165) is 57.5 Å². The molecule has 4 atom stereocenters. The van der Waals surface area contributed by atoms with E-state index < -0.39 is 22.6 Å². The van der Waals surface area contributed by atoms with Crippen LogP contribution in [0.25, 0.3) is 20.3 Å². The maximum atomic E-state index is 12.1. The number of ether oxygens (including phenoxy) is 1. The summed E-state index contributed by atoms with van der Waals surface area (Å²) in [6, 6.07) is 26.3. The van der Waals surface area contributed by atoms with Gasteiger partial charge in [-0.3, -0.25) is 9.59 Å². The minimum absolute atomic E-state index is 0.0302. The Balaban J connectivity index is 0.000000305. The third-order valence-electron chi connectivity index (χ3n) is 13.8. The first-order valence-corrected chi connectivity index (χ1v) is 31.7. The van der Waals surface area contributed by atoms with Gasteiger partial charge in [-0.05, 0) is 124 Å². The van der Waals surface area contributed by atoms with Gasteiger partial charge >= 0.3 is 0 Å². The van der Waals surface area contributed by atoms with Crippen molar-refractivity contribution in [1.29, 1.82) is 0 Å². The summed E-state index contributed by atoms with van der Waals surface area (Å²) in [5.41, 5.74) is 17.0. The lowest BCUT2D eigenvalue weighted by Gasteiger charge is -2.40. The van der Waals surface area contributed by atoms with E-state index in [1.54, 1.807) is 41.7 Å². The van der Waals surface area contributed by atoms with Crippen molar-refractivity contribution >= 4 is 74.4 Å². The van der Waals surface area contributed by atoms with Crippen LogP contribution >= 0.6 is 34.5 Å². The largest absolute Gasteiger partial charge is 0.414 e. The molecule has 2 heterocycles. The molecule has 0 saturated carbocycles. The third-order valence-corrected chi connectivity index (χ3v) is 25.0. The van der Waals surface area contributed by atoms with E-state index in [2.05, 4.69) is 107 Å². The van der Waals surface area contributed by atoms with E-state index >= 15 is 0 Å². The Morgan fingerprint density at radius 3 is 1.54 bits per heavy atom. The van der Waals surface area contributed by atoms with Crippen molar-refractivity contribution in [3.8, 4) is 10.6 Å². The van der Waals surface area contributed by atoms with Crippen LogP contribution in [0.2, 0.25) is 46.3 Å². The molecule has 0 radical (unpaired) electrons. The van der Waals surface area contributed by atoms with Crippen molar-refractivity contribution in [2.45, 2.75) is 149 Å². The standard InChI is InChI=1S/C26H32ClN3OSSi.C19H29ClN2O2Si.C7H7NO.C4H8O/c1-17-20(14-15-22(28-6)23(17)27)16-21(18(2)31-33(7,8)26(3,4)5)25-30-29-24(32-25)19-12-10-9-11-13-19;1-12-14(9-10-16(22-6)17(12)20)11-15(18(21)23)13(2)24-25(7,8)19(3,4)5;8-7(9)6-4-2-1-3-5-6;1-2-4-5-3-1/h9-15,18,21H,16H2,1-5,7-8H3;9-10,13,15H,11H2,1-5,7-8H3,(H2,21,23);1-5H,(H2,8,9);1-4H2/t18-,21-;13-,15-;;/m11../s1. The predicted octanol–water partition coefficient (Wildman–Crippen LogP) is 15.3. The Labute approximate surface area is 446 Å². The molecule has 0 bridgehead atoms. The van der Waals surface area contributed by atoms with Crippen molar-refractivity contribution in [3.05, 3.63) is 151 Å². The topological polar surface area (TPSA) is 148 Å². The summed E-state index contributed by atoms with van der Waals surface area (Å²) in [5.74, 6) is -1.17. The highest BCUT2D eigenvalue weighted by Crippen LogP contribution is 2.42. The number of aromatic nitrogens is 2. The van der Waals surface area contributed by atoms with Crippen LogP contribution in [-0.2, 0) is 31.2 Å². The zero-order valence-corrected chi connectivity index (χ0v) is 49.1. The molecule has 2 amide bonds. The van der Waals surface area contributed by atoms with Gasteiger partial charge < -0.3 is 25.1 Å². The molecule has 0 aliphatic carbocycles. The number of carbonyl (C=O) groups is 2. The van der Waals surface area contributed by atoms with Crippen molar-refractivity contribution in [2.24, 2.45) is 17.4 Å². The molecule has 1 saturated heterocycles. The van der Waals surface area contributed by atoms with Gasteiger partial charge in [-0.1, -0.05) is 149 Å². The van der Waals surface area contributed by atoms with Crippen LogP contribution in [0, 0.1) is 32.9 Å². The maximum Gasteiger partial charge on any atom is 0.248 e. The van der Waals surface area contributed by atoms with Crippen LogP contribution in [-0.4, -0.2) is 64.1 Å². The second-order valence-electron chi connectivity index (χ2n) is 21.1. The highest BCUT2D eigenvalue weighted by atomic mass is 35.5. The normalized spacial score (nSPS) is 14.3. The zero-order chi connectivity index (χ0) is 54.2. The van der Waals surface area contributed by atoms with E-state index in [0.29, 0.717) is 33.4 Å². The Morgan fingerprint density at radius 2 is 1.15 bits per heavy atom. The predicted molar refractivity (Wildman–Crippen MR) is 304 cm³/mol. The summed E-state index contributed by atoms with van der Waals surface area (Å²) in [6.45, 7) is 46.5. The molecule has 4 aromatic carbocycles. The van der Waals surface area contributed by atoms with Gasteiger partial charge in [0, 0.05) is 30.3 Å². The second-order valence-corrected chi connectivity index (χ2v) is 32.4. The zero-order valence-electron chi connectivity index (χ0n) is 44.8. The second kappa shape index (κ2) is 27.5. The summed E-state index contributed by atoms with van der Waals surface area (Å²) in [7, 11) is -3.99. The molecule has 0 unspecified atom stereocenters. The fraction of sp³-hybridized carbons (Fsp3) is 0.464. The Kier molecular flexibility index (Phi) is 23.5. The lowest BCUT2D eigenvalue weighted by atomic mass is 9.91. The molecule has 16 heteroatoms. The lowest BCUT2D eigenvalue weighted by molar-refractivity contribution is -0.124. The van der Waals surface area contributed by atoms with Crippen molar-refractivity contribution in [3.63, 3.8) is 0 Å². The van der Waals surface area contributed by atoms with Crippen LogP contribution in [0.1, 0.15) is 112 Å². The van der Waals surface area contributed by atoms with Gasteiger partial charge in [-0.25, -0.2) is 9.69 Å². The highest BCUT2D eigenvalue weighted by Gasteiger charge is 2.42. The van der Waals surface area contributed by atoms with E-state index in [4.69, 9.17) is 61.4 Å². The summed E-state index contributed by atoms with van der Waals surface area (Å²) < 4.78 is 18.1. The van der Waals surface area contributed by atoms with Crippen molar-refractivity contribution < 1.29 is 23.2 Å². The quantitative estimate of drug-likeness (QED) is 0.0831. The number of carbonyl (C=O) groups excluding carboxylic acids is 2. The molecule has 4 N–H and O–H groups in total. The SMILES string of the molecule is C1CCOC1.NC(=O)c1ccccc1.[C-]#[N+]c1ccc(C[C@@H](C(N)=O)[C@@H](C)O[Si](C)(C)C(C)(C)C)c(C)c1Cl.[C-]#[N+]c1ccc(C[C@@H](c2nnc(-c3ccccc3)s2)[C@@H](C)O[Si](C)(C)C(C)(C)C)c(C)c1Cl. The van der Waals surface area contributed by atoms with E-state index in [1.165, 1.54) is 12.8 Å². The van der Waals surface area contributed by atoms with Gasteiger partial charge in [0.25, 0.3) is 0 Å². The lowest BCUT2D eigenvalue weighted by Crippen LogP contribution is -2.47. The first-order valence-electron chi connectivity index (χ1n) is 24.3. The third kappa shape index (κ3) is 17.7. The average molecular weight is 1070 g/mol. The molecule has 1 fully saturated rings. The molecule has 388 valence electrons. The van der Waals surface area contributed by atoms with Gasteiger partial charge in [0.2, 0.25) is 23.2 Å². The van der Waals surface area contributed by atoms with Gasteiger partial charge in [-0.2, -0.15) is 0 Å². The van der Waals surface area contributed by atoms with E-state index in [9.17, 15) is 9.59 Å². The van der Waals surface area contributed by atoms with Crippen LogP contribution in [0.5, 0.6) is 0 Å². The molecule has 1 aromatic heterocycles. The molecule has 5 aromatic rings. The van der Waals surface area contributed by atoms with Gasteiger partial charge in [0.15, 0.2) is 16.6 Å². The maximum absolute atomic E-state index is 12.1. The number of benzene rings is 4. The molecule has 72 heavy (non-hydrogen) atoms. The minimum atomic E-state index is -2.01. The summed E-state index contributed by atoms with van der Waals surface area (Å²) >= 11 is 14.4. The molecule has 1 aliphatic rings. The fourth-order valence-corrected chi connectivity index (χ4v) is 11.5. The highest BCUT2D eigenvalue weighted by molar-refractivity contribution is 7.14. The number of hydrogen-bond donors (Lipinski definition) is 2. The number of nitrogens with zero attached hydrogens (tertiary/aromatic N) is 4. The Bertz CT molecular complexity index is 2630. The molecular weight excluding hydrogens is 996 g/mol. The molecule has 0 spiro atoms. The first-order chi connectivity index (χ1) is 33.6. The van der Waals surface area contributed by atoms with Crippen molar-refractivity contribution in [2.75, 3.05) is 13.2 Å². The summed E-state index contributed by atoms with van der Waals surface area (Å²) in [6.07, 6.45) is 3.41. The van der Waals surface area contributed by atoms with Crippen LogP contribution in [0.3, 0.4) is 0 Å². The monoisotopic (exact) mass is 1070 g/mol. The number of hydrogen-bond acceptors (Lipinski definition) is 8. The Morgan fingerprint density at radius 1 is 0.708 bits per heavy atom. The number of rotatable bonds is 14. The molecule has 11 nitrogen and oxygen atoms in total. The number of primary amides is 2. The fourth-order valence-electron chi connectivity index (χ4n) is 7.10. The van der Waals surface area contributed by atoms with Crippen LogP contribution in [0.4, 0.5) is 11.4 Å². The van der Waals surface area contributed by atoms with Gasteiger partial charge in [0.05, 0.1) is 41.3 Å². The molecule has 1 aliphatic heterocycles. The smallest absolute Gasteiger partial charge is 0.248 e. The minimum Gasteiger partial charge on any atom is -0.414 e. The Hall–Kier alpha value is -4.75. The van der Waals surface area contributed by atoms with Crippen LogP contribution in [0.15, 0.2) is 84.9 Å². The van der Waals surface area contributed by atoms with Crippen LogP contribution < -0.4 is 11.5 Å². The van der Waals surface area contributed by atoms with E-state index in [1.807, 2.05) is 63.2 Å². The number of amides is 2. The molecule has 6 rings (SSSR count). The first kappa shape index (κ1) is 61.6. The van der Waals surface area contributed by atoms with Crippen molar-refractivity contribution in [1.82, 2.24) is 10.2 Å². The number of nitrogens with two attached hydrogens (primary N) is 2. The average Bonchev–Trinajstić information content (AvgIpc) is 4.07. The number of halogens is 2. The van der Waals surface area contributed by atoms with Gasteiger partial charge in [-0.15, -0.1) is 10.2 Å². The van der Waals surface area contributed by atoms with Gasteiger partial charge in [0.1, 0.15) is 10.0 Å². The summed E-state index contributed by atoms with van der Waals surface area (Å²) in [4.78, 5) is 29.4. The van der Waals surface area contributed by atoms with E-state index in [-0.39, 0.29) is 40.0 Å².